The van der Waals surface area contributed by atoms with Gasteiger partial charge < -0.3 is 10.4 Å². The van der Waals surface area contributed by atoms with Crippen LogP contribution in [-0.2, 0) is 9.84 Å². The van der Waals surface area contributed by atoms with Crippen LogP contribution in [0, 0.1) is 5.41 Å². The molecule has 0 bridgehead atoms. The van der Waals surface area contributed by atoms with Crippen LogP contribution in [0.4, 0.5) is 5.69 Å². The minimum absolute atomic E-state index is 0.00446. The number of hydrogen-bond donors (Lipinski definition) is 2. The SMILES string of the molecule is CS(=O)(=O)c1ccc(NCC2(CO)CCCC2)cc1. The van der Waals surface area contributed by atoms with Gasteiger partial charge in [0.25, 0.3) is 0 Å². The molecule has 1 saturated carbocycles. The number of rotatable bonds is 5. The fourth-order valence-corrected chi connectivity index (χ4v) is 3.26. The maximum Gasteiger partial charge on any atom is 0.175 e. The molecule has 5 heteroatoms. The van der Waals surface area contributed by atoms with E-state index < -0.39 is 9.84 Å². The molecule has 1 aromatic rings. The van der Waals surface area contributed by atoms with Crippen molar-refractivity contribution in [1.29, 1.82) is 0 Å². The molecule has 1 aliphatic carbocycles. The fraction of sp³-hybridized carbons (Fsp3) is 0.571. The maximum atomic E-state index is 11.4. The summed E-state index contributed by atoms with van der Waals surface area (Å²) in [5.74, 6) is 0. The van der Waals surface area contributed by atoms with Crippen LogP contribution in [0.5, 0.6) is 0 Å². The van der Waals surface area contributed by atoms with Gasteiger partial charge in [-0.05, 0) is 37.1 Å². The van der Waals surface area contributed by atoms with Crippen LogP contribution in [0.25, 0.3) is 0 Å². The number of benzene rings is 1. The highest BCUT2D eigenvalue weighted by atomic mass is 32.2. The van der Waals surface area contributed by atoms with Crippen molar-refractivity contribution >= 4 is 15.5 Å². The Morgan fingerprint density at radius 2 is 1.79 bits per heavy atom. The average Bonchev–Trinajstić information content (AvgIpc) is 2.85. The van der Waals surface area contributed by atoms with Crippen molar-refractivity contribution in [3.05, 3.63) is 24.3 Å². The predicted molar refractivity (Wildman–Crippen MR) is 76.0 cm³/mol. The van der Waals surface area contributed by atoms with Gasteiger partial charge in [-0.25, -0.2) is 8.42 Å². The van der Waals surface area contributed by atoms with E-state index in [2.05, 4.69) is 5.32 Å². The van der Waals surface area contributed by atoms with Gasteiger partial charge >= 0.3 is 0 Å². The van der Waals surface area contributed by atoms with Gasteiger partial charge in [-0.1, -0.05) is 12.8 Å². The van der Waals surface area contributed by atoms with Gasteiger partial charge in [0.05, 0.1) is 11.5 Å². The van der Waals surface area contributed by atoms with Gasteiger partial charge in [0, 0.05) is 23.9 Å². The molecule has 1 aromatic carbocycles. The number of hydrogen-bond acceptors (Lipinski definition) is 4. The van der Waals surface area contributed by atoms with Gasteiger partial charge in [-0.3, -0.25) is 0 Å². The lowest BCUT2D eigenvalue weighted by molar-refractivity contribution is 0.142. The minimum Gasteiger partial charge on any atom is -0.396 e. The molecular formula is C14H21NO3S. The Kier molecular flexibility index (Phi) is 4.16. The molecule has 0 unspecified atom stereocenters. The van der Waals surface area contributed by atoms with Crippen LogP contribution >= 0.6 is 0 Å². The lowest BCUT2D eigenvalue weighted by Gasteiger charge is -2.27. The zero-order valence-electron chi connectivity index (χ0n) is 11.2. The van der Waals surface area contributed by atoms with Crippen molar-refractivity contribution in [3.63, 3.8) is 0 Å². The molecule has 0 radical (unpaired) electrons. The Morgan fingerprint density at radius 1 is 1.21 bits per heavy atom. The summed E-state index contributed by atoms with van der Waals surface area (Å²) in [5.41, 5.74) is 0.891. The van der Waals surface area contributed by atoms with Crippen molar-refractivity contribution < 1.29 is 13.5 Å². The summed E-state index contributed by atoms with van der Waals surface area (Å²) in [5, 5.41) is 12.8. The summed E-state index contributed by atoms with van der Waals surface area (Å²) in [6.45, 7) is 0.948. The highest BCUT2D eigenvalue weighted by Gasteiger charge is 2.32. The Hall–Kier alpha value is -1.07. The molecule has 0 aliphatic heterocycles. The summed E-state index contributed by atoms with van der Waals surface area (Å²) in [6, 6.07) is 6.77. The standard InChI is InChI=1S/C14H21NO3S/c1-19(17,18)13-6-4-12(5-7-13)15-10-14(11-16)8-2-3-9-14/h4-7,15-16H,2-3,8-11H2,1H3. The molecule has 2 N–H and O–H groups in total. The number of sulfone groups is 1. The maximum absolute atomic E-state index is 11.4. The van der Waals surface area contributed by atoms with Crippen molar-refractivity contribution in [1.82, 2.24) is 0 Å². The van der Waals surface area contributed by atoms with E-state index in [0.29, 0.717) is 4.90 Å². The number of nitrogens with one attached hydrogen (secondary N) is 1. The molecule has 1 aliphatic rings. The molecule has 106 valence electrons. The number of anilines is 1. The fourth-order valence-electron chi connectivity index (χ4n) is 2.63. The molecule has 0 atom stereocenters. The summed E-state index contributed by atoms with van der Waals surface area (Å²) in [4.78, 5) is 0.329. The highest BCUT2D eigenvalue weighted by Crippen LogP contribution is 2.37. The van der Waals surface area contributed by atoms with Crippen LogP contribution in [0.15, 0.2) is 29.2 Å². The Bertz CT molecular complexity index is 516. The molecular weight excluding hydrogens is 262 g/mol. The quantitative estimate of drug-likeness (QED) is 0.868. The molecule has 19 heavy (non-hydrogen) atoms. The van der Waals surface area contributed by atoms with E-state index in [1.807, 2.05) is 0 Å². The molecule has 4 nitrogen and oxygen atoms in total. The topological polar surface area (TPSA) is 66.4 Å². The van der Waals surface area contributed by atoms with Crippen LogP contribution in [0.2, 0.25) is 0 Å². The second-order valence-electron chi connectivity index (χ2n) is 5.52. The second-order valence-corrected chi connectivity index (χ2v) is 7.53. The summed E-state index contributed by atoms with van der Waals surface area (Å²) < 4.78 is 22.7. The van der Waals surface area contributed by atoms with E-state index >= 15 is 0 Å². The van der Waals surface area contributed by atoms with Crippen molar-refractivity contribution in [3.8, 4) is 0 Å². The Balaban J connectivity index is 2.00. The van der Waals surface area contributed by atoms with Gasteiger partial charge in [0.15, 0.2) is 9.84 Å². The summed E-state index contributed by atoms with van der Waals surface area (Å²) in [6.07, 6.45) is 5.66. The van der Waals surface area contributed by atoms with Crippen molar-refractivity contribution in [2.45, 2.75) is 30.6 Å². The molecule has 0 aromatic heterocycles. The third kappa shape index (κ3) is 3.48. The van der Waals surface area contributed by atoms with Crippen LogP contribution in [0.3, 0.4) is 0 Å². The molecule has 0 saturated heterocycles. The van der Waals surface area contributed by atoms with Gasteiger partial charge in [-0.2, -0.15) is 0 Å². The third-order valence-electron chi connectivity index (χ3n) is 3.95. The van der Waals surface area contributed by atoms with Gasteiger partial charge in [0.1, 0.15) is 0 Å². The molecule has 0 heterocycles. The van der Waals surface area contributed by atoms with Gasteiger partial charge in [0.2, 0.25) is 0 Å². The first kappa shape index (κ1) is 14.3. The number of aliphatic hydroxyl groups is 1. The molecule has 0 spiro atoms. The molecule has 1 fully saturated rings. The monoisotopic (exact) mass is 283 g/mol. The van der Waals surface area contributed by atoms with E-state index in [0.717, 1.165) is 25.1 Å². The van der Waals surface area contributed by atoms with Gasteiger partial charge in [-0.15, -0.1) is 0 Å². The molecule has 2 rings (SSSR count). The normalized spacial score (nSPS) is 18.4. The first-order valence-electron chi connectivity index (χ1n) is 6.60. The van der Waals surface area contributed by atoms with Crippen LogP contribution in [0.1, 0.15) is 25.7 Å². The van der Waals surface area contributed by atoms with Crippen molar-refractivity contribution in [2.24, 2.45) is 5.41 Å². The lowest BCUT2D eigenvalue weighted by Crippen LogP contribution is -2.30. The van der Waals surface area contributed by atoms with E-state index in [9.17, 15) is 13.5 Å². The lowest BCUT2D eigenvalue weighted by atomic mass is 9.87. The first-order chi connectivity index (χ1) is 8.95. The predicted octanol–water partition coefficient (Wildman–Crippen LogP) is 2.05. The smallest absolute Gasteiger partial charge is 0.175 e. The largest absolute Gasteiger partial charge is 0.396 e. The first-order valence-corrected chi connectivity index (χ1v) is 8.49. The van der Waals surface area contributed by atoms with Crippen LogP contribution in [-0.4, -0.2) is 32.9 Å². The average molecular weight is 283 g/mol. The summed E-state index contributed by atoms with van der Waals surface area (Å²) >= 11 is 0. The molecule has 0 amide bonds. The van der Waals surface area contributed by atoms with E-state index in [-0.39, 0.29) is 12.0 Å². The highest BCUT2D eigenvalue weighted by molar-refractivity contribution is 7.90. The van der Waals surface area contributed by atoms with E-state index in [4.69, 9.17) is 0 Å². The van der Waals surface area contributed by atoms with Crippen molar-refractivity contribution in [2.75, 3.05) is 24.7 Å². The number of aliphatic hydroxyl groups excluding tert-OH is 1. The third-order valence-corrected chi connectivity index (χ3v) is 5.08. The Morgan fingerprint density at radius 3 is 2.26 bits per heavy atom. The van der Waals surface area contributed by atoms with Crippen LogP contribution < -0.4 is 5.32 Å². The zero-order valence-corrected chi connectivity index (χ0v) is 12.0. The second kappa shape index (κ2) is 5.51. The zero-order chi connectivity index (χ0) is 13.9. The van der Waals surface area contributed by atoms with E-state index in [1.54, 1.807) is 24.3 Å². The van der Waals surface area contributed by atoms with E-state index in [1.165, 1.54) is 19.1 Å². The summed E-state index contributed by atoms with van der Waals surface area (Å²) in [7, 11) is -3.13. The Labute approximate surface area is 114 Å². The minimum atomic E-state index is -3.13.